The van der Waals surface area contributed by atoms with Crippen LogP contribution in [0.4, 0.5) is 0 Å². The zero-order valence-electron chi connectivity index (χ0n) is 51.2. The molecule has 0 aromatic carbocycles. The van der Waals surface area contributed by atoms with Gasteiger partial charge in [-0.15, -0.1) is 15.2 Å². The van der Waals surface area contributed by atoms with Crippen LogP contribution in [-0.2, 0) is 106 Å². The third-order valence-electron chi connectivity index (χ3n) is 15.7. The van der Waals surface area contributed by atoms with E-state index >= 15 is 0 Å². The van der Waals surface area contributed by atoms with Gasteiger partial charge in [0, 0.05) is 126 Å². The number of hydrogen-bond donors (Lipinski definition) is 0. The number of hydroxylamine groups is 6. The molecule has 12 amide bonds. The second kappa shape index (κ2) is 38.5. The first kappa shape index (κ1) is 76.2. The van der Waals surface area contributed by atoms with Crippen LogP contribution in [-0.4, -0.2) is 168 Å². The molecule has 1 saturated carbocycles. The van der Waals surface area contributed by atoms with Crippen LogP contribution in [0.5, 0.6) is 0 Å². The van der Waals surface area contributed by atoms with Crippen LogP contribution in [0.15, 0.2) is 36.5 Å². The van der Waals surface area contributed by atoms with Gasteiger partial charge < -0.3 is 19.1 Å². The van der Waals surface area contributed by atoms with Gasteiger partial charge in [-0.25, -0.2) is 22.8 Å². The minimum absolute atomic E-state index is 0. The fourth-order valence-electron chi connectivity index (χ4n) is 10.5. The van der Waals surface area contributed by atoms with E-state index in [1.165, 1.54) is 46.3 Å². The molecule has 0 radical (unpaired) electrons. The Morgan fingerprint density at radius 1 is 0.407 bits per heavy atom. The number of Topliss-reactive ketones (excluding diaryl/α,β-unsaturated/α-hetero) is 2. The monoisotopic (exact) mass is 1300 g/mol. The molecule has 4 fully saturated rings. The standard InChI is InChI=1S/C23H30N2O7.C19H26N2O9S.C18H22N2O7.Na/c26-18(17-9-7-16(8-10-17)15-24-19(27)11-12-20(24)28)5-3-1-2-4-6-23(31)32-25-21(29)13-14-22(25)30;22-15-10-11-16(23)20(15)12-8-6-4-2-1-3-5-7-9-18(25)30-21-17(24)13-14(19(21)26)31(27,28)29;21-13(11-12-19-14(22)7-8-15(19)23)5-3-1-2-4-6-18(26)27-20-16(24)9-10-17(20)25;/h11-12,16-17H,1-10,13-15H2;10-11,14H,1-9,12-13H2,(H,27,28,29);7-8H,1-6,9-12H2;/q;;;+1/p-1. The third kappa shape index (κ3) is 25.4. The van der Waals surface area contributed by atoms with E-state index in [2.05, 4.69) is 4.84 Å². The predicted octanol–water partition coefficient (Wildman–Crippen LogP) is 0.610. The molecule has 1 atom stereocenters. The largest absolute Gasteiger partial charge is 1.00 e. The van der Waals surface area contributed by atoms with Gasteiger partial charge in [-0.05, 0) is 70.1 Å². The summed E-state index contributed by atoms with van der Waals surface area (Å²) in [5, 5.41) is -0.873. The molecule has 91 heavy (non-hydrogen) atoms. The zero-order valence-corrected chi connectivity index (χ0v) is 54.0. The number of ketones is 2. The van der Waals surface area contributed by atoms with Crippen LogP contribution < -0.4 is 29.6 Å². The molecule has 7 aliphatic rings. The maximum atomic E-state index is 12.5. The van der Waals surface area contributed by atoms with E-state index in [0.29, 0.717) is 68.2 Å². The molecule has 29 nitrogen and oxygen atoms in total. The number of imide groups is 6. The summed E-state index contributed by atoms with van der Waals surface area (Å²) in [6, 6.07) is 0. The second-order valence-electron chi connectivity index (χ2n) is 22.6. The van der Waals surface area contributed by atoms with Crippen molar-refractivity contribution in [1.29, 1.82) is 0 Å². The zero-order chi connectivity index (χ0) is 65.9. The van der Waals surface area contributed by atoms with Crippen molar-refractivity contribution >= 4 is 110 Å². The fourth-order valence-corrected chi connectivity index (χ4v) is 11.2. The Bertz CT molecular complexity index is 2900. The van der Waals surface area contributed by atoms with Crippen LogP contribution in [0.25, 0.3) is 0 Å². The van der Waals surface area contributed by atoms with Gasteiger partial charge in [-0.1, -0.05) is 64.2 Å². The number of unbranched alkanes of at least 4 members (excludes halogenated alkanes) is 13. The Morgan fingerprint density at radius 2 is 0.747 bits per heavy atom. The molecular weight excluding hydrogens is 1230 g/mol. The van der Waals surface area contributed by atoms with E-state index in [-0.39, 0.29) is 140 Å². The summed E-state index contributed by atoms with van der Waals surface area (Å²) in [5.41, 5.74) is 0. The van der Waals surface area contributed by atoms with Crippen LogP contribution in [0, 0.1) is 11.8 Å². The Hall–Kier alpha value is -7.28. The van der Waals surface area contributed by atoms with Gasteiger partial charge in [-0.3, -0.25) is 81.8 Å². The van der Waals surface area contributed by atoms with E-state index in [4.69, 9.17) is 9.68 Å². The predicted molar refractivity (Wildman–Crippen MR) is 305 cm³/mol. The second-order valence-corrected chi connectivity index (χ2v) is 24.1. The van der Waals surface area contributed by atoms with E-state index in [1.54, 1.807) is 0 Å². The molecule has 0 aromatic heterocycles. The third-order valence-corrected chi connectivity index (χ3v) is 16.8. The van der Waals surface area contributed by atoms with E-state index in [0.717, 1.165) is 101 Å². The molecule has 0 aromatic rings. The van der Waals surface area contributed by atoms with Crippen LogP contribution in [0.1, 0.15) is 199 Å². The normalized spacial score (nSPS) is 19.6. The maximum absolute atomic E-state index is 12.5. The molecule has 0 N–H and O–H groups in total. The van der Waals surface area contributed by atoms with Gasteiger partial charge in [0.25, 0.3) is 70.9 Å². The molecule has 3 saturated heterocycles. The summed E-state index contributed by atoms with van der Waals surface area (Å²) in [6.45, 7) is 0.966. The molecule has 7 rings (SSSR count). The summed E-state index contributed by atoms with van der Waals surface area (Å²) in [7, 11) is -4.99. The Morgan fingerprint density at radius 3 is 1.14 bits per heavy atom. The molecule has 0 spiro atoms. The fraction of sp³-hybridized carbons (Fsp3) is 0.617. The van der Waals surface area contributed by atoms with Gasteiger partial charge in [-0.2, -0.15) is 0 Å². The van der Waals surface area contributed by atoms with Gasteiger partial charge >= 0.3 is 47.5 Å². The summed E-state index contributed by atoms with van der Waals surface area (Å²) in [4.78, 5) is 215. The quantitative estimate of drug-likeness (QED) is 0.0363. The maximum Gasteiger partial charge on any atom is 1.00 e. The SMILES string of the molecule is O=C(CCCCCCC(=O)C1CCC(CN2C(=O)C=CC2=O)CC1)ON1C(=O)CCC1=O.O=C(CCCCCCC(=O)ON1C(=O)CCC1=O)CCN1C(=O)C=CC1=O.O=C(CCCCCCCCCCN1C(=O)C=CC1=O)ON1C(=O)CC(S(=O)(=O)[O-])C1=O.[Na+]. The summed E-state index contributed by atoms with van der Waals surface area (Å²) < 4.78 is 32.8. The number of amides is 12. The van der Waals surface area contributed by atoms with Gasteiger partial charge in [0.15, 0.2) is 0 Å². The van der Waals surface area contributed by atoms with Crippen molar-refractivity contribution in [3.05, 3.63) is 36.5 Å². The first-order valence-electron chi connectivity index (χ1n) is 30.6. The van der Waals surface area contributed by atoms with E-state index in [1.807, 2.05) is 0 Å². The van der Waals surface area contributed by atoms with Gasteiger partial charge in [0.1, 0.15) is 26.9 Å². The van der Waals surface area contributed by atoms with Crippen molar-refractivity contribution in [3.63, 3.8) is 0 Å². The molecule has 0 bridgehead atoms. The molecule has 6 aliphatic heterocycles. The number of carbonyl (C=O) groups is 17. The van der Waals surface area contributed by atoms with Gasteiger partial charge in [0.05, 0.1) is 6.42 Å². The molecule has 1 unspecified atom stereocenters. The molecule has 31 heteroatoms. The average molecular weight is 1310 g/mol. The van der Waals surface area contributed by atoms with Crippen molar-refractivity contribution < 1.29 is 139 Å². The van der Waals surface area contributed by atoms with Crippen molar-refractivity contribution in [2.75, 3.05) is 19.6 Å². The minimum Gasteiger partial charge on any atom is -0.747 e. The number of hydrogen-bond acceptors (Lipinski definition) is 23. The van der Waals surface area contributed by atoms with Crippen LogP contribution >= 0.6 is 0 Å². The van der Waals surface area contributed by atoms with Crippen molar-refractivity contribution in [1.82, 2.24) is 29.9 Å². The average Bonchev–Trinajstić information content (AvgIpc) is 1.75. The minimum atomic E-state index is -4.99. The summed E-state index contributed by atoms with van der Waals surface area (Å²) >= 11 is 0. The smallest absolute Gasteiger partial charge is 0.747 e. The van der Waals surface area contributed by atoms with Gasteiger partial charge in [0.2, 0.25) is 0 Å². The van der Waals surface area contributed by atoms with E-state index < -0.39 is 87.0 Å². The van der Waals surface area contributed by atoms with Crippen LogP contribution in [0.3, 0.4) is 0 Å². The molecule has 492 valence electrons. The number of carbonyl (C=O) groups excluding carboxylic acids is 17. The number of nitrogens with zero attached hydrogens (tertiary/aromatic N) is 6. The molecule has 1 aliphatic carbocycles. The summed E-state index contributed by atoms with van der Waals surface area (Å²) in [6.07, 6.45) is 23.7. The Labute approximate surface area is 548 Å². The molecular formula is C60H77N6NaO23S. The first-order chi connectivity index (χ1) is 42.8. The van der Waals surface area contributed by atoms with E-state index in [9.17, 15) is 94.5 Å². The number of rotatable bonds is 35. The van der Waals surface area contributed by atoms with Crippen LogP contribution in [0.2, 0.25) is 0 Å². The van der Waals surface area contributed by atoms with Crippen molar-refractivity contribution in [2.45, 2.75) is 204 Å². The van der Waals surface area contributed by atoms with Crippen molar-refractivity contribution in [2.24, 2.45) is 11.8 Å². The summed E-state index contributed by atoms with van der Waals surface area (Å²) in [5.74, 6) is -7.63. The molecule has 6 heterocycles. The van der Waals surface area contributed by atoms with Crippen molar-refractivity contribution in [3.8, 4) is 0 Å². The topological polar surface area (TPSA) is 395 Å². The first-order valence-corrected chi connectivity index (χ1v) is 32.1. The Kier molecular flexibility index (Phi) is 32.3. The Balaban J connectivity index is 0.000000291.